The molecule has 12 rings (SSSR count). The third-order valence-corrected chi connectivity index (χ3v) is 27.8. The molecule has 7 aliphatic rings. The van der Waals surface area contributed by atoms with Crippen molar-refractivity contribution in [1.29, 1.82) is 0 Å². The molecule has 0 heterocycles. The third kappa shape index (κ3) is 70.4. The van der Waals surface area contributed by atoms with Crippen molar-refractivity contribution in [3.63, 3.8) is 0 Å². The zero-order valence-corrected chi connectivity index (χ0v) is 107. The summed E-state index contributed by atoms with van der Waals surface area (Å²) in [4.78, 5) is 110. The second kappa shape index (κ2) is 97.5. The maximum Gasteiger partial charge on any atom is 0.386 e. The van der Waals surface area contributed by atoms with Crippen molar-refractivity contribution in [2.75, 3.05) is 42.4 Å². The van der Waals surface area contributed by atoms with Crippen LogP contribution in [0, 0.1) is 121 Å². The SMILES string of the molecule is C.C.C.C.C=O.C=O.CC.CC.CC(=O)O.CC(=O)O.CC(F)(F)F.CCC1C(C)CC(C)C1C.CCC1C(C)CC(C)C1C.CNC(C)=O.CNC(C)=O.CNC(C)=O.CNC(C)=O.CO.CO.Cc1ccc(-c2ccc(C)c(C(=O)OC3CCC(OOCc4ccccc4)CC3)c2)cc1.Cc1ccc(-c2ccc(C)c(C(=O)OC3CCC4(C)C(=CCC5C4CCC4(C)C(C(C)CCCC(C)C)CCC54)C3)c2)cc1.[Y].[Y].[Y].[Y]. The molecule has 22 nitrogen and oxygen atoms in total. The molecule has 149 heavy (non-hydrogen) atoms. The number of aliphatic hydroxyl groups is 2. The number of allylic oxidation sites excluding steroid dienone is 1. The van der Waals surface area contributed by atoms with E-state index in [1.807, 2.05) is 104 Å². The molecule has 0 bridgehead atoms. The molecule has 4 amide bonds. The van der Waals surface area contributed by atoms with Crippen molar-refractivity contribution in [3.8, 4) is 22.3 Å². The van der Waals surface area contributed by atoms with Gasteiger partial charge in [-0.15, -0.1) is 0 Å². The van der Waals surface area contributed by atoms with Crippen LogP contribution in [-0.4, -0.2) is 148 Å². The number of fused-ring (bicyclic) bond motifs is 5. The van der Waals surface area contributed by atoms with Crippen LogP contribution in [0.25, 0.3) is 22.3 Å². The van der Waals surface area contributed by atoms with Crippen LogP contribution in [0.4, 0.5) is 13.2 Å². The molecule has 0 spiro atoms. The van der Waals surface area contributed by atoms with E-state index in [9.17, 15) is 41.9 Å². The third-order valence-electron chi connectivity index (χ3n) is 27.8. The predicted octanol–water partition coefficient (Wildman–Crippen LogP) is 29.0. The van der Waals surface area contributed by atoms with Crippen molar-refractivity contribution in [3.05, 3.63) is 166 Å². The van der Waals surface area contributed by atoms with E-state index in [4.69, 9.17) is 58.9 Å². The van der Waals surface area contributed by atoms with Gasteiger partial charge in [0.15, 0.2) is 0 Å². The van der Waals surface area contributed by atoms with Crippen molar-refractivity contribution in [2.45, 2.75) is 377 Å². The molecule has 5 aromatic rings. The van der Waals surface area contributed by atoms with E-state index < -0.39 is 18.1 Å². The largest absolute Gasteiger partial charge is 0.481 e. The summed E-state index contributed by atoms with van der Waals surface area (Å²) >= 11 is 0. The number of esters is 2. The van der Waals surface area contributed by atoms with Gasteiger partial charge < -0.3 is 60.8 Å². The van der Waals surface area contributed by atoms with Crippen molar-refractivity contribution >= 4 is 61.1 Å². The quantitative estimate of drug-likeness (QED) is 0.0186. The maximum absolute atomic E-state index is 13.5. The van der Waals surface area contributed by atoms with Crippen molar-refractivity contribution in [1.82, 2.24) is 21.3 Å². The molecular weight excluding hydrogens is 2200 g/mol. The summed E-state index contributed by atoms with van der Waals surface area (Å²) in [5, 5.41) is 38.4. The summed E-state index contributed by atoms with van der Waals surface area (Å²) in [5.41, 5.74) is 13.5. The fourth-order valence-corrected chi connectivity index (χ4v) is 20.1. The number of aliphatic hydroxyl groups excluding tert-OH is 2. The topological polar surface area (TPSA) is 337 Å². The smallest absolute Gasteiger partial charge is 0.386 e. The zero-order chi connectivity index (χ0) is 110. The van der Waals surface area contributed by atoms with Gasteiger partial charge in [-0.2, -0.15) is 13.2 Å². The van der Waals surface area contributed by atoms with Crippen LogP contribution in [0.15, 0.2) is 127 Å². The van der Waals surface area contributed by atoms with Gasteiger partial charge in [-0.1, -0.05) is 305 Å². The number of nitrogens with one attached hydrogen (secondary N) is 4. The Bertz CT molecular complexity index is 4150. The summed E-state index contributed by atoms with van der Waals surface area (Å²) in [5.74, 6) is 10.9. The molecular formula is C120H207F3N4O18Y4. The van der Waals surface area contributed by atoms with Crippen LogP contribution in [0.2, 0.25) is 0 Å². The van der Waals surface area contributed by atoms with Crippen LogP contribution in [0.5, 0.6) is 0 Å². The number of hydrogen-bond acceptors (Lipinski definition) is 16. The normalized spacial score (nSPS) is 22.2. The fourth-order valence-electron chi connectivity index (χ4n) is 20.1. The van der Waals surface area contributed by atoms with Gasteiger partial charge in [-0.05, 0) is 256 Å². The van der Waals surface area contributed by atoms with Crippen LogP contribution < -0.4 is 21.3 Å². The van der Waals surface area contributed by atoms with Crippen LogP contribution in [-0.2, 0) is 195 Å². The van der Waals surface area contributed by atoms with E-state index in [0.29, 0.717) is 23.1 Å². The van der Waals surface area contributed by atoms with Gasteiger partial charge in [0.25, 0.3) is 11.9 Å². The standard InChI is InChI=1S/C42H58O2.C28H30O4.2C10H20.4C3H7NO.C2H3F3.2C2H4O2.2C2H6.2CH4O.2CH2O.4CH4.4Y/c1-27(2)9-8-10-30(5)37-19-20-38-35-18-17-33-26-34(21-23-41(33,6)39(35)22-24-42(37,38)7)44-40(43)36-25-32(16-13-29(36)4)31-14-11-28(3)12-15-31;1-20-8-11-23(12-9-20)24-13-10-21(2)27(18-24)28(29)31-25-14-16-26(17-15-25)32-30-19-22-6-4-3-5-7-22;2*1-5-10-8(3)6-7(2)9(10)4;4*1-3(5)4-2;1-2(3,4)5;2*1-2(3)4;6*1-2;;;;;;;;/h11-17,25,27,30,34-35,37-39H,8-10,18-24,26H2,1-7H3;3-13,18,25-26H,14-17,19H2,1-2H3;2*7-10H,5-6H2,1-4H3;4*1-2H3,(H,4,5);1H3;2*1H3,(H,3,4);2*1-2H3;2*2H,1H3;2*1H2;4*1H4;;;;. The number of hydrogen-bond donors (Lipinski definition) is 8. The molecule has 7 aliphatic carbocycles. The Labute approximate surface area is 1000 Å². The minimum atomic E-state index is -4.00. The minimum Gasteiger partial charge on any atom is -0.481 e. The number of aryl methyl sites for hydroxylation is 4. The first-order chi connectivity index (χ1) is 66.4. The number of carbonyl (C=O) groups is 10. The van der Waals surface area contributed by atoms with Crippen LogP contribution >= 0.6 is 0 Å². The molecule has 848 valence electrons. The first kappa shape index (κ1) is 172. The number of ether oxygens (including phenoxy) is 2. The fraction of sp³-hybridized carbons (Fsp3) is 0.650. The summed E-state index contributed by atoms with van der Waals surface area (Å²) < 4.78 is 43.2. The molecule has 29 heteroatoms. The van der Waals surface area contributed by atoms with Crippen molar-refractivity contribution < 1.29 is 232 Å². The molecule has 0 aromatic heterocycles. The monoisotopic (exact) mass is 2410 g/mol. The number of benzene rings is 5. The molecule has 16 unspecified atom stereocenters. The van der Waals surface area contributed by atoms with E-state index in [1.165, 1.54) is 116 Å². The number of halogens is 3. The summed E-state index contributed by atoms with van der Waals surface area (Å²) in [6.07, 6.45) is 21.6. The van der Waals surface area contributed by atoms with Crippen LogP contribution in [0.3, 0.4) is 0 Å². The number of rotatable bonds is 17. The number of alkyl halides is 3. The maximum atomic E-state index is 13.5. The Morgan fingerprint density at radius 3 is 1.12 bits per heavy atom. The number of carboxylic acid groups (broad SMARTS) is 2. The van der Waals surface area contributed by atoms with Gasteiger partial charge in [0.1, 0.15) is 32.4 Å². The number of aliphatic carboxylic acids is 2. The average molecular weight is 2410 g/mol. The van der Waals surface area contributed by atoms with Gasteiger partial charge in [-0.25, -0.2) is 19.4 Å². The molecule has 5 aromatic carbocycles. The summed E-state index contributed by atoms with van der Waals surface area (Å²) in [6, 6.07) is 39.0. The summed E-state index contributed by atoms with van der Waals surface area (Å²) in [6.45, 7) is 60.5. The van der Waals surface area contributed by atoms with Crippen LogP contribution in [0.1, 0.15) is 366 Å². The first-order valence-electron chi connectivity index (χ1n) is 50.9. The number of amides is 4. The predicted molar refractivity (Wildman–Crippen MR) is 598 cm³/mol. The Morgan fingerprint density at radius 2 is 0.805 bits per heavy atom. The molecule has 0 saturated heterocycles. The van der Waals surface area contributed by atoms with Gasteiger partial charge in [0.2, 0.25) is 23.6 Å². The zero-order valence-electron chi connectivity index (χ0n) is 95.4. The van der Waals surface area contributed by atoms with Gasteiger partial charge in [0, 0.05) is 228 Å². The second-order valence-electron chi connectivity index (χ2n) is 38.3. The molecule has 8 N–H and O–H groups in total. The molecule has 0 aliphatic heterocycles. The van der Waals surface area contributed by atoms with Crippen molar-refractivity contribution in [2.24, 2.45) is 93.7 Å². The van der Waals surface area contributed by atoms with E-state index in [1.54, 1.807) is 33.8 Å². The second-order valence-corrected chi connectivity index (χ2v) is 38.3. The Hall–Kier alpha value is -5.01. The molecule has 16 atom stereocenters. The van der Waals surface area contributed by atoms with Gasteiger partial charge >= 0.3 is 18.1 Å². The van der Waals surface area contributed by atoms with E-state index in [2.05, 4.69) is 198 Å². The molecule has 6 fully saturated rings. The first-order valence-corrected chi connectivity index (χ1v) is 50.9. The minimum absolute atomic E-state index is 0. The van der Waals surface area contributed by atoms with Gasteiger partial charge in [-0.3, -0.25) is 28.8 Å². The van der Waals surface area contributed by atoms with Gasteiger partial charge in [0.05, 0.1) is 17.2 Å². The number of carbonyl (C=O) groups excluding carboxylic acids is 8. The molecule has 4 radical (unpaired) electrons. The number of carboxylic acids is 2. The average Bonchev–Trinajstić information content (AvgIpc) is 1.62. The Kier molecular flexibility index (Phi) is 112. The Balaban J connectivity index is -0.000000140. The molecule has 6 saturated carbocycles. The summed E-state index contributed by atoms with van der Waals surface area (Å²) in [7, 11) is 8.40. The van der Waals surface area contributed by atoms with E-state index in [-0.39, 0.29) is 227 Å². The Morgan fingerprint density at radius 1 is 0.470 bits per heavy atom. The van der Waals surface area contributed by atoms with E-state index >= 15 is 0 Å². The van der Waals surface area contributed by atoms with E-state index in [0.717, 1.165) is 195 Å².